The molecular formula is C36H60O10. The molecule has 1 unspecified atom stereocenters. The van der Waals surface area contributed by atoms with Crippen molar-refractivity contribution in [1.82, 2.24) is 0 Å². The first-order valence-corrected chi connectivity index (χ1v) is 17.9. The molecule has 7 aliphatic rings. The Bertz CT molecular complexity index is 1200. The maximum Gasteiger partial charge on any atom is 0.186 e. The fourth-order valence-corrected chi connectivity index (χ4v) is 13.7. The molecule has 0 bridgehead atoms. The van der Waals surface area contributed by atoms with Crippen LogP contribution in [0.1, 0.15) is 106 Å². The molecule has 0 aromatic heterocycles. The SMILES string of the molecule is CC(C)(O)[C@@H]1CC[C@](C)([C@H]2[C@@H](O)C[C@@]3(C)[C@@H]4C[C@H](O)C5C(C)(C)[C@@H](O[C@@H]6O[C@H](CO)[C@@H](O)[C@H](O)[C@H]6O)CC[C@@]56C[C@@]46CC[C@]23C)O1. The zero-order chi connectivity index (χ0) is 33.6. The van der Waals surface area contributed by atoms with Crippen molar-refractivity contribution in [3.63, 3.8) is 0 Å². The van der Waals surface area contributed by atoms with E-state index in [2.05, 4.69) is 34.6 Å². The molecule has 0 aromatic rings. The Morgan fingerprint density at radius 2 is 1.48 bits per heavy atom. The summed E-state index contributed by atoms with van der Waals surface area (Å²) >= 11 is 0. The van der Waals surface area contributed by atoms with E-state index in [1.807, 2.05) is 13.8 Å². The molecular weight excluding hydrogens is 592 g/mol. The van der Waals surface area contributed by atoms with Gasteiger partial charge >= 0.3 is 0 Å². The van der Waals surface area contributed by atoms with E-state index in [9.17, 15) is 35.7 Å². The van der Waals surface area contributed by atoms with Crippen LogP contribution in [0.25, 0.3) is 0 Å². The van der Waals surface area contributed by atoms with Crippen LogP contribution >= 0.6 is 0 Å². The van der Waals surface area contributed by atoms with Crippen molar-refractivity contribution in [2.24, 2.45) is 44.8 Å². The van der Waals surface area contributed by atoms with Gasteiger partial charge in [-0.3, -0.25) is 0 Å². The van der Waals surface area contributed by atoms with Gasteiger partial charge in [-0.1, -0.05) is 27.7 Å². The van der Waals surface area contributed by atoms with Crippen LogP contribution in [0.3, 0.4) is 0 Å². The van der Waals surface area contributed by atoms with Gasteiger partial charge in [-0.05, 0) is 117 Å². The fraction of sp³-hybridized carbons (Fsp3) is 1.00. The van der Waals surface area contributed by atoms with Crippen LogP contribution < -0.4 is 0 Å². The summed E-state index contributed by atoms with van der Waals surface area (Å²) < 4.78 is 18.8. The van der Waals surface area contributed by atoms with Crippen molar-refractivity contribution in [3.8, 4) is 0 Å². The maximum absolute atomic E-state index is 12.2. The van der Waals surface area contributed by atoms with Crippen LogP contribution in [-0.2, 0) is 14.2 Å². The molecule has 2 aliphatic heterocycles. The van der Waals surface area contributed by atoms with Gasteiger partial charge in [0.25, 0.3) is 0 Å². The first-order chi connectivity index (χ1) is 21.2. The molecule has 0 aromatic carbocycles. The minimum atomic E-state index is -1.50. The second kappa shape index (κ2) is 10.3. The molecule has 7 fully saturated rings. The van der Waals surface area contributed by atoms with Crippen LogP contribution in [0.5, 0.6) is 0 Å². The summed E-state index contributed by atoms with van der Waals surface area (Å²) in [6, 6.07) is 0. The third kappa shape index (κ3) is 4.24. The predicted octanol–water partition coefficient (Wildman–Crippen LogP) is 2.26. The zero-order valence-electron chi connectivity index (χ0n) is 28.9. The monoisotopic (exact) mass is 652 g/mol. The highest BCUT2D eigenvalue weighted by atomic mass is 16.7. The Labute approximate surface area is 273 Å². The molecule has 5 aliphatic carbocycles. The standard InChI is InChI=1S/C36H60O10/c1-30(2)22(45-29-26(42)25(41)24(40)20(16-37)44-29)9-11-36-17-35(36)13-12-32(5)28(34(7)10-8-23(46-34)31(3,4)43)19(39)15-33(32,6)21(35)14-18(38)27(30)36/h18-29,37-43H,8-17H2,1-7H3/t18-,19-,20+,21-,22-,23-,24+,25-,26+,27?,28-,29-,32+,33-,34+,35-,36+/m0/s1. The molecule has 7 N–H and O–H groups in total. The van der Waals surface area contributed by atoms with Crippen LogP contribution in [0, 0.1) is 44.8 Å². The lowest BCUT2D eigenvalue weighted by atomic mass is 9.41. The fourth-order valence-electron chi connectivity index (χ4n) is 13.7. The van der Waals surface area contributed by atoms with Gasteiger partial charge in [0.1, 0.15) is 24.4 Å². The first kappa shape index (κ1) is 34.1. The Kier molecular flexibility index (Phi) is 7.65. The highest BCUT2D eigenvalue weighted by Gasteiger charge is 2.85. The van der Waals surface area contributed by atoms with Crippen molar-refractivity contribution in [3.05, 3.63) is 0 Å². The summed E-state index contributed by atoms with van der Waals surface area (Å²) in [5, 5.41) is 75.9. The minimum absolute atomic E-state index is 0.0295. The number of ether oxygens (including phenoxy) is 3. The molecule has 0 amide bonds. The van der Waals surface area contributed by atoms with E-state index in [1.165, 1.54) is 0 Å². The number of aliphatic hydroxyl groups is 7. The summed E-state index contributed by atoms with van der Waals surface area (Å²) in [4.78, 5) is 0. The van der Waals surface area contributed by atoms with Gasteiger partial charge in [0, 0.05) is 5.92 Å². The summed E-state index contributed by atoms with van der Waals surface area (Å²) in [5.74, 6) is 0.176. The van der Waals surface area contributed by atoms with Gasteiger partial charge in [-0.15, -0.1) is 0 Å². The molecule has 17 atom stereocenters. The third-order valence-electron chi connectivity index (χ3n) is 15.9. The first-order valence-electron chi connectivity index (χ1n) is 17.9. The van der Waals surface area contributed by atoms with E-state index < -0.39 is 66.1 Å². The van der Waals surface area contributed by atoms with Gasteiger partial charge in [0.15, 0.2) is 6.29 Å². The quantitative estimate of drug-likeness (QED) is 0.219. The van der Waals surface area contributed by atoms with Crippen molar-refractivity contribution < 1.29 is 50.0 Å². The van der Waals surface area contributed by atoms with Crippen LogP contribution in [-0.4, -0.2) is 109 Å². The van der Waals surface area contributed by atoms with E-state index in [4.69, 9.17) is 14.2 Å². The number of hydrogen-bond donors (Lipinski definition) is 7. The highest BCUT2D eigenvalue weighted by Crippen LogP contribution is 2.89. The smallest absolute Gasteiger partial charge is 0.186 e. The Morgan fingerprint density at radius 3 is 2.11 bits per heavy atom. The number of fused-ring (bicyclic) bond motifs is 2. The molecule has 5 saturated carbocycles. The van der Waals surface area contributed by atoms with E-state index in [-0.39, 0.29) is 51.6 Å². The topological polar surface area (TPSA) is 169 Å². The second-order valence-corrected chi connectivity index (χ2v) is 18.7. The van der Waals surface area contributed by atoms with Crippen molar-refractivity contribution in [2.75, 3.05) is 6.61 Å². The summed E-state index contributed by atoms with van der Waals surface area (Å²) in [6.45, 7) is 14.3. The zero-order valence-corrected chi connectivity index (χ0v) is 28.9. The number of hydrogen-bond acceptors (Lipinski definition) is 10. The third-order valence-corrected chi connectivity index (χ3v) is 15.9. The molecule has 10 heteroatoms. The van der Waals surface area contributed by atoms with Crippen molar-refractivity contribution in [1.29, 1.82) is 0 Å². The summed E-state index contributed by atoms with van der Waals surface area (Å²) in [5.41, 5.74) is -2.26. The van der Waals surface area contributed by atoms with Crippen LogP contribution in [0.4, 0.5) is 0 Å². The summed E-state index contributed by atoms with van der Waals surface area (Å²) in [7, 11) is 0. The molecule has 2 spiro atoms. The summed E-state index contributed by atoms with van der Waals surface area (Å²) in [6.07, 6.45) is -0.708. The molecule has 264 valence electrons. The van der Waals surface area contributed by atoms with Gasteiger partial charge in [-0.2, -0.15) is 0 Å². The van der Waals surface area contributed by atoms with Gasteiger partial charge < -0.3 is 50.0 Å². The Hall–Kier alpha value is -0.400. The average Bonchev–Trinajstić information content (AvgIpc) is 3.31. The van der Waals surface area contributed by atoms with E-state index >= 15 is 0 Å². The van der Waals surface area contributed by atoms with Gasteiger partial charge in [0.05, 0.1) is 42.2 Å². The molecule has 46 heavy (non-hydrogen) atoms. The van der Waals surface area contributed by atoms with Crippen LogP contribution in [0.15, 0.2) is 0 Å². The normalized spacial score (nSPS) is 59.3. The minimum Gasteiger partial charge on any atom is -0.394 e. The average molecular weight is 653 g/mol. The lowest BCUT2D eigenvalue weighted by Gasteiger charge is -2.64. The molecule has 7 rings (SSSR count). The number of rotatable bonds is 5. The molecule has 2 heterocycles. The number of aliphatic hydroxyl groups excluding tert-OH is 6. The largest absolute Gasteiger partial charge is 0.394 e. The predicted molar refractivity (Wildman–Crippen MR) is 167 cm³/mol. The molecule has 0 radical (unpaired) electrons. The van der Waals surface area contributed by atoms with E-state index in [0.717, 1.165) is 38.5 Å². The van der Waals surface area contributed by atoms with Gasteiger partial charge in [0.2, 0.25) is 0 Å². The molecule has 2 saturated heterocycles. The van der Waals surface area contributed by atoms with Crippen LogP contribution in [0.2, 0.25) is 0 Å². The Balaban J connectivity index is 1.15. The van der Waals surface area contributed by atoms with Crippen molar-refractivity contribution in [2.45, 2.75) is 173 Å². The highest BCUT2D eigenvalue weighted by molar-refractivity contribution is 5.33. The van der Waals surface area contributed by atoms with E-state index in [0.29, 0.717) is 19.3 Å². The lowest BCUT2D eigenvalue weighted by molar-refractivity contribution is -0.329. The van der Waals surface area contributed by atoms with Crippen molar-refractivity contribution >= 4 is 0 Å². The second-order valence-electron chi connectivity index (χ2n) is 18.7. The molecule has 10 nitrogen and oxygen atoms in total. The lowest BCUT2D eigenvalue weighted by Crippen LogP contribution is -2.64. The van der Waals surface area contributed by atoms with Gasteiger partial charge in [-0.25, -0.2) is 0 Å². The van der Waals surface area contributed by atoms with E-state index in [1.54, 1.807) is 0 Å². The Morgan fingerprint density at radius 1 is 0.783 bits per heavy atom. The maximum atomic E-state index is 12.2.